The summed E-state index contributed by atoms with van der Waals surface area (Å²) in [6.07, 6.45) is 7.75. The Kier molecular flexibility index (Phi) is 9.39. The van der Waals surface area contributed by atoms with Crippen molar-refractivity contribution in [3.05, 3.63) is 48.4 Å². The minimum atomic E-state index is -0.564. The molecule has 0 saturated carbocycles. The number of unbranched alkanes of at least 4 members (excludes halogenated alkanes) is 2. The van der Waals surface area contributed by atoms with Crippen LogP contribution in [0.2, 0.25) is 0 Å². The molecule has 178 valence electrons. The first-order valence-electron chi connectivity index (χ1n) is 11.9. The number of hydrogen-bond acceptors (Lipinski definition) is 6. The Bertz CT molecular complexity index is 1000. The molecule has 0 amide bonds. The average molecular weight is 452 g/mol. The topological polar surface area (TPSA) is 85.1 Å². The summed E-state index contributed by atoms with van der Waals surface area (Å²) >= 11 is 0. The molecule has 1 aromatic carbocycles. The Morgan fingerprint density at radius 2 is 1.97 bits per heavy atom. The van der Waals surface area contributed by atoms with Gasteiger partial charge in [-0.25, -0.2) is 9.97 Å². The van der Waals surface area contributed by atoms with Gasteiger partial charge in [0.1, 0.15) is 18.5 Å². The van der Waals surface area contributed by atoms with Gasteiger partial charge >= 0.3 is 0 Å². The molecule has 1 unspecified atom stereocenters. The van der Waals surface area contributed by atoms with Gasteiger partial charge in [0.15, 0.2) is 5.82 Å². The summed E-state index contributed by atoms with van der Waals surface area (Å²) in [5.74, 6) is 1.89. The predicted molar refractivity (Wildman–Crippen MR) is 132 cm³/mol. The fourth-order valence-electron chi connectivity index (χ4n) is 3.64. The van der Waals surface area contributed by atoms with E-state index in [9.17, 15) is 5.11 Å². The van der Waals surface area contributed by atoms with E-state index >= 15 is 0 Å². The van der Waals surface area contributed by atoms with Crippen LogP contribution in [0, 0.1) is 5.92 Å². The van der Waals surface area contributed by atoms with E-state index in [1.165, 1.54) is 12.8 Å². The molecule has 3 aromatic rings. The lowest BCUT2D eigenvalue weighted by molar-refractivity contribution is 0.108. The maximum absolute atomic E-state index is 9.93. The lowest BCUT2D eigenvalue weighted by Gasteiger charge is -2.13. The van der Waals surface area contributed by atoms with E-state index in [1.807, 2.05) is 35.1 Å². The van der Waals surface area contributed by atoms with E-state index in [0.717, 1.165) is 41.9 Å². The van der Waals surface area contributed by atoms with Crippen molar-refractivity contribution in [1.82, 2.24) is 25.1 Å². The van der Waals surface area contributed by atoms with Gasteiger partial charge in [-0.05, 0) is 44.0 Å². The average Bonchev–Trinajstić information content (AvgIpc) is 3.26. The van der Waals surface area contributed by atoms with Crippen molar-refractivity contribution < 1.29 is 9.84 Å². The van der Waals surface area contributed by atoms with E-state index in [4.69, 9.17) is 14.7 Å². The van der Waals surface area contributed by atoms with E-state index in [0.29, 0.717) is 24.0 Å². The Morgan fingerprint density at radius 1 is 1.12 bits per heavy atom. The summed E-state index contributed by atoms with van der Waals surface area (Å²) in [7, 11) is 1.80. The fourth-order valence-corrected chi connectivity index (χ4v) is 3.64. The number of nitrogens with one attached hydrogen (secondary N) is 1. The zero-order chi connectivity index (χ0) is 23.6. The molecule has 0 aliphatic rings. The van der Waals surface area contributed by atoms with Gasteiger partial charge in [-0.1, -0.05) is 45.7 Å². The third-order valence-corrected chi connectivity index (χ3v) is 5.27. The molecule has 3 rings (SSSR count). The van der Waals surface area contributed by atoms with Gasteiger partial charge in [0.2, 0.25) is 0 Å². The smallest absolute Gasteiger partial charge is 0.160 e. The van der Waals surface area contributed by atoms with Gasteiger partial charge in [-0.15, -0.1) is 0 Å². The van der Waals surface area contributed by atoms with Crippen LogP contribution in [-0.4, -0.2) is 51.2 Å². The van der Waals surface area contributed by atoms with E-state index in [1.54, 1.807) is 7.05 Å². The standard InChI is InChI=1S/C26H37N5O2/c1-5-6-7-10-22-13-25(21-14-28-31(17-21)16-19(2)3)30-26(29-22)20-9-8-11-24(12-20)33-18-23(32)15-27-4/h8-9,11-14,17,19,23,27,32H,5-7,10,15-16,18H2,1-4H3. The zero-order valence-corrected chi connectivity index (χ0v) is 20.3. The Hall–Kier alpha value is -2.77. The minimum absolute atomic E-state index is 0.225. The second kappa shape index (κ2) is 12.5. The van der Waals surface area contributed by atoms with Crippen LogP contribution in [-0.2, 0) is 13.0 Å². The van der Waals surface area contributed by atoms with E-state index in [2.05, 4.69) is 43.4 Å². The first-order valence-corrected chi connectivity index (χ1v) is 11.9. The zero-order valence-electron chi connectivity index (χ0n) is 20.3. The molecule has 0 aliphatic heterocycles. The normalized spacial score (nSPS) is 12.3. The summed E-state index contributed by atoms with van der Waals surface area (Å²) in [6, 6.07) is 9.84. The van der Waals surface area contributed by atoms with Crippen LogP contribution < -0.4 is 10.1 Å². The van der Waals surface area contributed by atoms with Crippen LogP contribution in [0.4, 0.5) is 0 Å². The largest absolute Gasteiger partial charge is 0.491 e. The van der Waals surface area contributed by atoms with Crippen LogP contribution >= 0.6 is 0 Å². The lowest BCUT2D eigenvalue weighted by atomic mass is 10.1. The molecule has 2 N–H and O–H groups in total. The number of aliphatic hydroxyl groups excluding tert-OH is 1. The van der Waals surface area contributed by atoms with Gasteiger partial charge < -0.3 is 15.2 Å². The molecule has 0 spiro atoms. The molecule has 7 heteroatoms. The van der Waals surface area contributed by atoms with Gasteiger partial charge in [-0.2, -0.15) is 5.10 Å². The van der Waals surface area contributed by atoms with Crippen LogP contribution in [0.1, 0.15) is 45.7 Å². The highest BCUT2D eigenvalue weighted by atomic mass is 16.5. The molecular formula is C26H37N5O2. The van der Waals surface area contributed by atoms with Crippen LogP contribution in [0.3, 0.4) is 0 Å². The highest BCUT2D eigenvalue weighted by Crippen LogP contribution is 2.26. The number of ether oxygens (including phenoxy) is 1. The summed E-state index contributed by atoms with van der Waals surface area (Å²) in [6.45, 7) is 8.16. The summed E-state index contributed by atoms with van der Waals surface area (Å²) in [4.78, 5) is 9.75. The quantitative estimate of drug-likeness (QED) is 0.376. The Labute approximate surface area is 197 Å². The van der Waals surface area contributed by atoms with Gasteiger partial charge in [0.25, 0.3) is 0 Å². The summed E-state index contributed by atoms with van der Waals surface area (Å²) in [5.41, 5.74) is 3.82. The van der Waals surface area contributed by atoms with Crippen LogP contribution in [0.25, 0.3) is 22.6 Å². The van der Waals surface area contributed by atoms with Gasteiger partial charge in [0, 0.05) is 36.1 Å². The Balaban J connectivity index is 1.89. The number of hydrogen-bond donors (Lipinski definition) is 2. The van der Waals surface area contributed by atoms with Crippen molar-refractivity contribution in [3.63, 3.8) is 0 Å². The SMILES string of the molecule is CCCCCc1cc(-c2cnn(CC(C)C)c2)nc(-c2cccc(OCC(O)CNC)c2)n1. The number of aromatic nitrogens is 4. The molecule has 0 radical (unpaired) electrons. The van der Waals surface area contributed by atoms with Gasteiger partial charge in [-0.3, -0.25) is 4.68 Å². The molecule has 1 atom stereocenters. The first-order chi connectivity index (χ1) is 16.0. The van der Waals surface area contributed by atoms with Crippen LogP contribution in [0.15, 0.2) is 42.7 Å². The first kappa shape index (κ1) is 24.9. The molecular weight excluding hydrogens is 414 g/mol. The molecule has 0 bridgehead atoms. The molecule has 0 saturated heterocycles. The van der Waals surface area contributed by atoms with Crippen molar-refractivity contribution in [2.75, 3.05) is 20.2 Å². The van der Waals surface area contributed by atoms with Crippen molar-refractivity contribution in [1.29, 1.82) is 0 Å². The number of aryl methyl sites for hydroxylation is 1. The summed E-state index contributed by atoms with van der Waals surface area (Å²) < 4.78 is 7.76. The molecule has 2 aromatic heterocycles. The van der Waals surface area contributed by atoms with E-state index < -0.39 is 6.10 Å². The summed E-state index contributed by atoms with van der Waals surface area (Å²) in [5, 5.41) is 17.4. The van der Waals surface area contributed by atoms with Crippen molar-refractivity contribution in [3.8, 4) is 28.4 Å². The van der Waals surface area contributed by atoms with Crippen molar-refractivity contribution in [2.24, 2.45) is 5.92 Å². The number of aliphatic hydroxyl groups is 1. The maximum Gasteiger partial charge on any atom is 0.160 e. The second-order valence-corrected chi connectivity index (χ2v) is 8.92. The highest BCUT2D eigenvalue weighted by molar-refractivity contribution is 5.64. The van der Waals surface area contributed by atoms with E-state index in [-0.39, 0.29) is 6.61 Å². The third-order valence-electron chi connectivity index (χ3n) is 5.27. The molecule has 0 aliphatic carbocycles. The van der Waals surface area contributed by atoms with Crippen molar-refractivity contribution in [2.45, 2.75) is 59.1 Å². The fraction of sp³-hybridized carbons (Fsp3) is 0.500. The maximum atomic E-state index is 9.93. The minimum Gasteiger partial charge on any atom is -0.491 e. The third kappa shape index (κ3) is 7.65. The number of likely N-dealkylation sites (N-methyl/N-ethyl adjacent to an activating group) is 1. The molecule has 33 heavy (non-hydrogen) atoms. The molecule has 2 heterocycles. The number of nitrogens with zero attached hydrogens (tertiary/aromatic N) is 4. The highest BCUT2D eigenvalue weighted by Gasteiger charge is 2.12. The predicted octanol–water partition coefficient (Wildman–Crippen LogP) is 4.35. The van der Waals surface area contributed by atoms with Crippen molar-refractivity contribution >= 4 is 0 Å². The Morgan fingerprint density at radius 3 is 2.73 bits per heavy atom. The number of benzene rings is 1. The number of rotatable bonds is 13. The van der Waals surface area contributed by atoms with Gasteiger partial charge in [0.05, 0.1) is 11.9 Å². The van der Waals surface area contributed by atoms with Crippen LogP contribution in [0.5, 0.6) is 5.75 Å². The monoisotopic (exact) mass is 451 g/mol. The molecule has 7 nitrogen and oxygen atoms in total. The molecule has 0 fully saturated rings. The lowest BCUT2D eigenvalue weighted by Crippen LogP contribution is -2.29. The second-order valence-electron chi connectivity index (χ2n) is 8.92.